The van der Waals surface area contributed by atoms with Crippen molar-refractivity contribution in [3.05, 3.63) is 48.2 Å². The Hall–Kier alpha value is -1.74. The summed E-state index contributed by atoms with van der Waals surface area (Å²) in [6, 6.07) is 10.8. The van der Waals surface area contributed by atoms with E-state index in [0.717, 1.165) is 6.42 Å². The monoisotopic (exact) mass is 225 g/mol. The smallest absolute Gasteiger partial charge is 0.0889 e. The van der Waals surface area contributed by atoms with E-state index in [4.69, 9.17) is 0 Å². The Morgan fingerprint density at radius 3 is 3.00 bits per heavy atom. The molecule has 2 atom stereocenters. The van der Waals surface area contributed by atoms with E-state index in [0.29, 0.717) is 18.6 Å². The minimum atomic E-state index is 0.314. The van der Waals surface area contributed by atoms with Crippen molar-refractivity contribution in [2.75, 3.05) is 6.67 Å². The number of hydrogen-bond acceptors (Lipinski definition) is 3. The molecular formula is C14H15N3. The van der Waals surface area contributed by atoms with Crippen LogP contribution in [0.5, 0.6) is 0 Å². The topological polar surface area (TPSA) is 36.8 Å². The van der Waals surface area contributed by atoms with Gasteiger partial charge in [0.15, 0.2) is 0 Å². The summed E-state index contributed by atoms with van der Waals surface area (Å²) in [4.78, 5) is 8.82. The zero-order valence-corrected chi connectivity index (χ0v) is 9.58. The molecular weight excluding hydrogens is 210 g/mol. The molecule has 0 saturated heterocycles. The summed E-state index contributed by atoms with van der Waals surface area (Å²) in [7, 11) is 0. The minimum absolute atomic E-state index is 0.314. The first-order chi connectivity index (χ1) is 8.43. The number of nitrogens with zero attached hydrogens (tertiary/aromatic N) is 2. The summed E-state index contributed by atoms with van der Waals surface area (Å²) < 4.78 is 0. The molecule has 2 heterocycles. The second kappa shape index (κ2) is 4.63. The Morgan fingerprint density at radius 1 is 1.24 bits per heavy atom. The summed E-state index contributed by atoms with van der Waals surface area (Å²) in [5.74, 6) is 0.314. The molecule has 17 heavy (non-hydrogen) atoms. The molecule has 2 aliphatic rings. The molecule has 0 aliphatic carbocycles. The molecule has 0 saturated carbocycles. The molecule has 2 aliphatic heterocycles. The Balaban J connectivity index is 1.81. The number of hydrogen-bond donors (Lipinski definition) is 1. The van der Waals surface area contributed by atoms with Crippen LogP contribution in [0.4, 0.5) is 0 Å². The zero-order chi connectivity index (χ0) is 11.5. The van der Waals surface area contributed by atoms with Crippen LogP contribution < -0.4 is 5.32 Å². The maximum Gasteiger partial charge on any atom is 0.0889 e. The van der Waals surface area contributed by atoms with Crippen molar-refractivity contribution in [3.8, 4) is 0 Å². The van der Waals surface area contributed by atoms with Gasteiger partial charge in [0, 0.05) is 30.6 Å². The van der Waals surface area contributed by atoms with Crippen LogP contribution >= 0.6 is 0 Å². The highest BCUT2D eigenvalue weighted by Crippen LogP contribution is 2.17. The molecule has 3 nitrogen and oxygen atoms in total. The molecule has 3 heteroatoms. The van der Waals surface area contributed by atoms with Crippen molar-refractivity contribution in [3.63, 3.8) is 0 Å². The van der Waals surface area contributed by atoms with Crippen LogP contribution in [-0.4, -0.2) is 24.6 Å². The van der Waals surface area contributed by atoms with Crippen LogP contribution in [0.15, 0.2) is 52.6 Å². The molecule has 86 valence electrons. The van der Waals surface area contributed by atoms with E-state index < -0.39 is 0 Å². The number of rotatable bonds is 2. The van der Waals surface area contributed by atoms with Gasteiger partial charge in [-0.2, -0.15) is 0 Å². The Bertz CT molecular complexity index is 474. The summed E-state index contributed by atoms with van der Waals surface area (Å²) >= 11 is 0. The zero-order valence-electron chi connectivity index (χ0n) is 9.58. The van der Waals surface area contributed by atoms with Crippen molar-refractivity contribution >= 4 is 11.9 Å². The quantitative estimate of drug-likeness (QED) is 0.819. The van der Waals surface area contributed by atoms with Crippen molar-refractivity contribution in [1.29, 1.82) is 0 Å². The Labute approximate surface area is 101 Å². The molecule has 1 aromatic carbocycles. The summed E-state index contributed by atoms with van der Waals surface area (Å²) in [6.07, 6.45) is 6.89. The van der Waals surface area contributed by atoms with Crippen molar-refractivity contribution in [1.82, 2.24) is 5.32 Å². The van der Waals surface area contributed by atoms with Crippen LogP contribution in [0, 0.1) is 5.92 Å². The van der Waals surface area contributed by atoms with Gasteiger partial charge < -0.3 is 0 Å². The Kier molecular flexibility index (Phi) is 2.84. The third-order valence-corrected chi connectivity index (χ3v) is 3.24. The van der Waals surface area contributed by atoms with E-state index in [1.165, 1.54) is 11.3 Å². The standard InChI is InChI=1S/C14H15N3/c1-2-4-11(5-3-1)8-14-12-9-15-7-6-13(12)16-10-17-14/h1-7,9,12-13,16H,8,10H2. The minimum Gasteiger partial charge on any atom is -0.291 e. The van der Waals surface area contributed by atoms with Gasteiger partial charge in [-0.3, -0.25) is 15.3 Å². The van der Waals surface area contributed by atoms with Gasteiger partial charge in [-0.15, -0.1) is 0 Å². The molecule has 0 radical (unpaired) electrons. The normalized spacial score (nSPS) is 26.5. The molecule has 2 unspecified atom stereocenters. The van der Waals surface area contributed by atoms with Gasteiger partial charge in [-0.25, -0.2) is 0 Å². The summed E-state index contributed by atoms with van der Waals surface area (Å²) in [5, 5.41) is 3.37. The third kappa shape index (κ3) is 2.19. The maximum absolute atomic E-state index is 4.59. The van der Waals surface area contributed by atoms with Gasteiger partial charge in [-0.1, -0.05) is 30.3 Å². The van der Waals surface area contributed by atoms with Gasteiger partial charge in [0.05, 0.1) is 12.6 Å². The van der Waals surface area contributed by atoms with Gasteiger partial charge >= 0.3 is 0 Å². The molecule has 0 aromatic heterocycles. The first-order valence-electron chi connectivity index (χ1n) is 5.94. The number of aliphatic imine (C=N–C) groups is 2. The fourth-order valence-electron chi connectivity index (χ4n) is 2.32. The largest absolute Gasteiger partial charge is 0.291 e. The Morgan fingerprint density at radius 2 is 2.12 bits per heavy atom. The van der Waals surface area contributed by atoms with Crippen molar-refractivity contribution in [2.24, 2.45) is 15.9 Å². The van der Waals surface area contributed by atoms with Crippen LogP contribution in [0.25, 0.3) is 0 Å². The molecule has 3 rings (SSSR count). The predicted molar refractivity (Wildman–Crippen MR) is 70.5 cm³/mol. The molecule has 0 spiro atoms. The van der Waals surface area contributed by atoms with Crippen LogP contribution in [0.1, 0.15) is 5.56 Å². The number of nitrogens with one attached hydrogen (secondary N) is 1. The fourth-order valence-corrected chi connectivity index (χ4v) is 2.32. The lowest BCUT2D eigenvalue weighted by atomic mass is 9.89. The molecule has 0 fully saturated rings. The van der Waals surface area contributed by atoms with Crippen LogP contribution in [0.3, 0.4) is 0 Å². The lowest BCUT2D eigenvalue weighted by Gasteiger charge is -2.29. The van der Waals surface area contributed by atoms with Crippen LogP contribution in [-0.2, 0) is 6.42 Å². The summed E-state index contributed by atoms with van der Waals surface area (Å²) in [5.41, 5.74) is 2.54. The van der Waals surface area contributed by atoms with E-state index in [-0.39, 0.29) is 0 Å². The van der Waals surface area contributed by atoms with E-state index in [2.05, 4.69) is 45.6 Å². The first-order valence-corrected chi connectivity index (χ1v) is 5.94. The fraction of sp³-hybridized carbons (Fsp3) is 0.286. The maximum atomic E-state index is 4.59. The van der Waals surface area contributed by atoms with E-state index in [1.54, 1.807) is 0 Å². The van der Waals surface area contributed by atoms with Gasteiger partial charge in [0.2, 0.25) is 0 Å². The van der Waals surface area contributed by atoms with Crippen molar-refractivity contribution < 1.29 is 0 Å². The SMILES string of the molecule is C1=CC2NCN=C(Cc3ccccc3)C2C=N1. The highest BCUT2D eigenvalue weighted by molar-refractivity contribution is 6.01. The molecule has 1 N–H and O–H groups in total. The van der Waals surface area contributed by atoms with E-state index in [1.807, 2.05) is 18.5 Å². The second-order valence-electron chi connectivity index (χ2n) is 4.37. The van der Waals surface area contributed by atoms with Crippen LogP contribution in [0.2, 0.25) is 0 Å². The van der Waals surface area contributed by atoms with Gasteiger partial charge in [0.1, 0.15) is 0 Å². The van der Waals surface area contributed by atoms with Crippen molar-refractivity contribution in [2.45, 2.75) is 12.5 Å². The average molecular weight is 225 g/mol. The highest BCUT2D eigenvalue weighted by Gasteiger charge is 2.27. The lowest BCUT2D eigenvalue weighted by molar-refractivity contribution is 0.543. The average Bonchev–Trinajstić information content (AvgIpc) is 2.40. The highest BCUT2D eigenvalue weighted by atomic mass is 15.1. The first kappa shape index (κ1) is 10.4. The number of benzene rings is 1. The molecule has 0 bridgehead atoms. The summed E-state index contributed by atoms with van der Waals surface area (Å²) in [6.45, 7) is 0.710. The predicted octanol–water partition coefficient (Wildman–Crippen LogP) is 1.81. The number of fused-ring (bicyclic) bond motifs is 1. The van der Waals surface area contributed by atoms with Gasteiger partial charge in [0.25, 0.3) is 0 Å². The van der Waals surface area contributed by atoms with Gasteiger partial charge in [-0.05, 0) is 11.6 Å². The lowest BCUT2D eigenvalue weighted by Crippen LogP contribution is -2.45. The second-order valence-corrected chi connectivity index (χ2v) is 4.37. The van der Waals surface area contributed by atoms with E-state index >= 15 is 0 Å². The third-order valence-electron chi connectivity index (χ3n) is 3.24. The molecule has 1 aromatic rings. The van der Waals surface area contributed by atoms with E-state index in [9.17, 15) is 0 Å². The molecule has 0 amide bonds.